The van der Waals surface area contributed by atoms with Crippen LogP contribution in [0.1, 0.15) is 5.56 Å². The summed E-state index contributed by atoms with van der Waals surface area (Å²) in [5, 5.41) is 15.5. The first-order chi connectivity index (χ1) is 12.1. The van der Waals surface area contributed by atoms with E-state index in [2.05, 4.69) is 15.6 Å². The van der Waals surface area contributed by atoms with Crippen molar-refractivity contribution in [1.29, 1.82) is 0 Å². The molecule has 3 rings (SSSR count). The van der Waals surface area contributed by atoms with Gasteiger partial charge in [-0.3, -0.25) is 4.79 Å². The summed E-state index contributed by atoms with van der Waals surface area (Å²) in [4.78, 5) is 16.9. The lowest BCUT2D eigenvalue weighted by Crippen LogP contribution is -2.21. The number of aromatic nitrogens is 2. The van der Waals surface area contributed by atoms with E-state index < -0.39 is 0 Å². The Balaban J connectivity index is 1.83. The minimum Gasteiger partial charge on any atom is -0.395 e. The molecule has 0 unspecified atom stereocenters. The third kappa shape index (κ3) is 3.92. The Morgan fingerprint density at radius 3 is 2.84 bits per heavy atom. The van der Waals surface area contributed by atoms with Gasteiger partial charge in [-0.25, -0.2) is 4.98 Å². The molecule has 25 heavy (non-hydrogen) atoms. The zero-order valence-electron chi connectivity index (χ0n) is 13.8. The molecule has 0 atom stereocenters. The zero-order valence-corrected chi connectivity index (χ0v) is 14.5. The number of nitrogens with one attached hydrogen (secondary N) is 2. The van der Waals surface area contributed by atoms with Gasteiger partial charge in [0, 0.05) is 17.3 Å². The fourth-order valence-corrected chi connectivity index (χ4v) is 2.73. The second-order valence-corrected chi connectivity index (χ2v) is 6.08. The number of benzene rings is 2. The fraction of sp³-hybridized carbons (Fsp3) is 0.222. The standard InChI is InChI=1S/C18H19ClN4O2/c1-12-6-7-13(10-14(12)19)21-17(25)11-23-16-5-3-2-4-15(16)22-18(23)20-8-9-24/h2-7,10,24H,8-9,11H2,1H3,(H,20,22)(H,21,25). The Kier molecular flexibility index (Phi) is 5.21. The van der Waals surface area contributed by atoms with E-state index in [-0.39, 0.29) is 19.1 Å². The molecule has 0 aliphatic rings. The normalized spacial score (nSPS) is 10.8. The number of amides is 1. The molecule has 6 nitrogen and oxygen atoms in total. The predicted octanol–water partition coefficient (Wildman–Crippen LogP) is 3.04. The van der Waals surface area contributed by atoms with Crippen molar-refractivity contribution >= 4 is 40.2 Å². The summed E-state index contributed by atoms with van der Waals surface area (Å²) in [5.74, 6) is 0.363. The molecule has 3 aromatic rings. The second-order valence-electron chi connectivity index (χ2n) is 5.67. The number of aryl methyl sites for hydroxylation is 1. The third-order valence-corrected chi connectivity index (χ3v) is 4.21. The first kappa shape index (κ1) is 17.3. The number of hydrogen-bond donors (Lipinski definition) is 3. The van der Waals surface area contributed by atoms with E-state index >= 15 is 0 Å². The van der Waals surface area contributed by atoms with Gasteiger partial charge in [0.25, 0.3) is 0 Å². The topological polar surface area (TPSA) is 79.2 Å². The number of aliphatic hydroxyl groups is 1. The lowest BCUT2D eigenvalue weighted by molar-refractivity contribution is -0.116. The smallest absolute Gasteiger partial charge is 0.244 e. The first-order valence-electron chi connectivity index (χ1n) is 7.94. The van der Waals surface area contributed by atoms with Gasteiger partial charge in [0.2, 0.25) is 11.9 Å². The van der Waals surface area contributed by atoms with Gasteiger partial charge in [0.1, 0.15) is 6.54 Å². The van der Waals surface area contributed by atoms with Gasteiger partial charge >= 0.3 is 0 Å². The molecule has 0 saturated carbocycles. The summed E-state index contributed by atoms with van der Waals surface area (Å²) in [6, 6.07) is 13.0. The van der Waals surface area contributed by atoms with E-state index in [4.69, 9.17) is 16.7 Å². The fourth-order valence-electron chi connectivity index (χ4n) is 2.55. The summed E-state index contributed by atoms with van der Waals surface area (Å²) >= 11 is 6.10. The van der Waals surface area contributed by atoms with Crippen molar-refractivity contribution < 1.29 is 9.90 Å². The predicted molar refractivity (Wildman–Crippen MR) is 100 cm³/mol. The van der Waals surface area contributed by atoms with Gasteiger partial charge in [-0.05, 0) is 36.8 Å². The lowest BCUT2D eigenvalue weighted by Gasteiger charge is -2.11. The van der Waals surface area contributed by atoms with Gasteiger partial charge < -0.3 is 20.3 Å². The highest BCUT2D eigenvalue weighted by Crippen LogP contribution is 2.22. The molecule has 130 valence electrons. The molecule has 0 spiro atoms. The summed E-state index contributed by atoms with van der Waals surface area (Å²) in [5.41, 5.74) is 3.24. The molecule has 0 bridgehead atoms. The number of halogens is 1. The molecule has 0 fully saturated rings. The van der Waals surface area contributed by atoms with Gasteiger partial charge in [0.05, 0.1) is 17.6 Å². The lowest BCUT2D eigenvalue weighted by atomic mass is 10.2. The van der Waals surface area contributed by atoms with E-state index in [0.29, 0.717) is 23.2 Å². The first-order valence-corrected chi connectivity index (χ1v) is 8.32. The number of imidazole rings is 1. The molecular formula is C18H19ClN4O2. The number of anilines is 2. The molecule has 0 aliphatic heterocycles. The van der Waals surface area contributed by atoms with Crippen molar-refractivity contribution in [3.05, 3.63) is 53.1 Å². The molecule has 0 aliphatic carbocycles. The number of carbonyl (C=O) groups excluding carboxylic acids is 1. The van der Waals surface area contributed by atoms with E-state index in [9.17, 15) is 4.79 Å². The Labute approximate surface area is 150 Å². The highest BCUT2D eigenvalue weighted by molar-refractivity contribution is 6.31. The van der Waals surface area contributed by atoms with Crippen molar-refractivity contribution in [2.24, 2.45) is 0 Å². The molecule has 0 radical (unpaired) electrons. The number of rotatable bonds is 6. The molecular weight excluding hydrogens is 340 g/mol. The summed E-state index contributed by atoms with van der Waals surface area (Å²) in [7, 11) is 0. The van der Waals surface area contributed by atoms with Gasteiger partial charge in [-0.2, -0.15) is 0 Å². The van der Waals surface area contributed by atoms with Crippen LogP contribution in [0.2, 0.25) is 5.02 Å². The maximum atomic E-state index is 12.5. The Bertz CT molecular complexity index is 907. The van der Waals surface area contributed by atoms with Crippen LogP contribution in [-0.2, 0) is 11.3 Å². The van der Waals surface area contributed by atoms with Crippen LogP contribution in [0, 0.1) is 6.92 Å². The Morgan fingerprint density at radius 1 is 1.28 bits per heavy atom. The van der Waals surface area contributed by atoms with Gasteiger partial charge in [-0.1, -0.05) is 29.8 Å². The SMILES string of the molecule is Cc1ccc(NC(=O)Cn2c(NCCO)nc3ccccc32)cc1Cl. The molecule has 1 aromatic heterocycles. The third-order valence-electron chi connectivity index (χ3n) is 3.81. The van der Waals surface area contributed by atoms with Crippen LogP contribution in [0.25, 0.3) is 11.0 Å². The van der Waals surface area contributed by atoms with Crippen LogP contribution in [0.5, 0.6) is 0 Å². The van der Waals surface area contributed by atoms with Crippen molar-refractivity contribution in [3.8, 4) is 0 Å². The van der Waals surface area contributed by atoms with E-state index in [0.717, 1.165) is 16.6 Å². The highest BCUT2D eigenvalue weighted by Gasteiger charge is 2.13. The van der Waals surface area contributed by atoms with Crippen LogP contribution in [-0.4, -0.2) is 33.7 Å². The van der Waals surface area contributed by atoms with Crippen molar-refractivity contribution in [3.63, 3.8) is 0 Å². The number of fused-ring (bicyclic) bond motifs is 1. The maximum Gasteiger partial charge on any atom is 0.244 e. The largest absolute Gasteiger partial charge is 0.395 e. The second kappa shape index (κ2) is 7.55. The highest BCUT2D eigenvalue weighted by atomic mass is 35.5. The summed E-state index contributed by atoms with van der Waals surface area (Å²) < 4.78 is 1.79. The molecule has 1 heterocycles. The Hall–Kier alpha value is -2.57. The van der Waals surface area contributed by atoms with Crippen molar-refractivity contribution in [2.45, 2.75) is 13.5 Å². The molecule has 7 heteroatoms. The molecule has 3 N–H and O–H groups in total. The molecule has 2 aromatic carbocycles. The average molecular weight is 359 g/mol. The van der Waals surface area contributed by atoms with Crippen LogP contribution in [0.3, 0.4) is 0 Å². The van der Waals surface area contributed by atoms with E-state index in [1.54, 1.807) is 10.6 Å². The quantitative estimate of drug-likeness (QED) is 0.632. The molecule has 0 saturated heterocycles. The van der Waals surface area contributed by atoms with Crippen molar-refractivity contribution in [2.75, 3.05) is 23.8 Å². The summed E-state index contributed by atoms with van der Waals surface area (Å²) in [6.45, 7) is 2.35. The van der Waals surface area contributed by atoms with Crippen molar-refractivity contribution in [1.82, 2.24) is 9.55 Å². The minimum atomic E-state index is -0.185. The minimum absolute atomic E-state index is 0.0166. The summed E-state index contributed by atoms with van der Waals surface area (Å²) in [6.07, 6.45) is 0. The van der Waals surface area contributed by atoms with Gasteiger partial charge in [-0.15, -0.1) is 0 Å². The van der Waals surface area contributed by atoms with E-state index in [1.165, 1.54) is 0 Å². The number of para-hydroxylation sites is 2. The van der Waals surface area contributed by atoms with Crippen LogP contribution >= 0.6 is 11.6 Å². The maximum absolute atomic E-state index is 12.5. The van der Waals surface area contributed by atoms with E-state index in [1.807, 2.05) is 43.3 Å². The number of carbonyl (C=O) groups is 1. The zero-order chi connectivity index (χ0) is 17.8. The number of aliphatic hydroxyl groups excluding tert-OH is 1. The monoisotopic (exact) mass is 358 g/mol. The van der Waals surface area contributed by atoms with Crippen LogP contribution < -0.4 is 10.6 Å². The molecule has 1 amide bonds. The van der Waals surface area contributed by atoms with Gasteiger partial charge in [0.15, 0.2) is 0 Å². The number of nitrogens with zero attached hydrogens (tertiary/aromatic N) is 2. The van der Waals surface area contributed by atoms with Crippen LogP contribution in [0.15, 0.2) is 42.5 Å². The number of hydrogen-bond acceptors (Lipinski definition) is 4. The van der Waals surface area contributed by atoms with Crippen LogP contribution in [0.4, 0.5) is 11.6 Å². The Morgan fingerprint density at radius 2 is 2.08 bits per heavy atom. The average Bonchev–Trinajstić information content (AvgIpc) is 2.94.